The predicted octanol–water partition coefficient (Wildman–Crippen LogP) is 2.04. The van der Waals surface area contributed by atoms with Gasteiger partial charge in [0.2, 0.25) is 0 Å². The summed E-state index contributed by atoms with van der Waals surface area (Å²) in [4.78, 5) is 22.1. The summed E-state index contributed by atoms with van der Waals surface area (Å²) in [5.41, 5.74) is 0.642. The van der Waals surface area contributed by atoms with E-state index in [4.69, 9.17) is 0 Å². The maximum absolute atomic E-state index is 11.5. The van der Waals surface area contributed by atoms with Gasteiger partial charge >= 0.3 is 5.97 Å². The van der Waals surface area contributed by atoms with Crippen LogP contribution in [0.15, 0.2) is 6.20 Å². The van der Waals surface area contributed by atoms with Crippen LogP contribution in [0.2, 0.25) is 0 Å². The van der Waals surface area contributed by atoms with Crippen molar-refractivity contribution in [3.63, 3.8) is 0 Å². The average Bonchev–Trinajstić information content (AvgIpc) is 2.47. The fourth-order valence-electron chi connectivity index (χ4n) is 2.80. The Morgan fingerprint density at radius 3 is 2.86 bits per heavy atom. The highest BCUT2D eigenvalue weighted by Crippen LogP contribution is 2.29. The molecule has 2 N–H and O–H groups in total. The molecule has 1 aliphatic heterocycles. The van der Waals surface area contributed by atoms with Crippen LogP contribution in [0, 0.1) is 0 Å². The average molecular weight is 293 g/mol. The van der Waals surface area contributed by atoms with Crippen molar-refractivity contribution >= 4 is 11.7 Å². The van der Waals surface area contributed by atoms with Crippen molar-refractivity contribution in [2.24, 2.45) is 0 Å². The molecule has 21 heavy (non-hydrogen) atoms. The van der Waals surface area contributed by atoms with Gasteiger partial charge in [0, 0.05) is 25.1 Å². The summed E-state index contributed by atoms with van der Waals surface area (Å²) in [5.74, 6) is -0.388. The number of aromatic carboxylic acids is 1. The van der Waals surface area contributed by atoms with Crippen LogP contribution in [-0.2, 0) is 0 Å². The second-order valence-electron chi connectivity index (χ2n) is 5.78. The van der Waals surface area contributed by atoms with E-state index >= 15 is 0 Å². The molecular formula is C15H23N3O3. The Bertz CT molecular complexity index is 503. The molecule has 1 aromatic heterocycles. The van der Waals surface area contributed by atoms with Crippen LogP contribution < -0.4 is 4.90 Å². The van der Waals surface area contributed by atoms with Crippen LogP contribution >= 0.6 is 0 Å². The van der Waals surface area contributed by atoms with Crippen molar-refractivity contribution in [3.05, 3.63) is 17.7 Å². The van der Waals surface area contributed by atoms with E-state index in [1.807, 2.05) is 18.7 Å². The summed E-state index contributed by atoms with van der Waals surface area (Å²) >= 11 is 0. The van der Waals surface area contributed by atoms with Crippen molar-refractivity contribution in [2.45, 2.75) is 51.5 Å². The molecule has 0 bridgehead atoms. The lowest BCUT2D eigenvalue weighted by molar-refractivity contribution is 0.0690. The smallest absolute Gasteiger partial charge is 0.356 e. The van der Waals surface area contributed by atoms with Crippen LogP contribution in [0.4, 0.5) is 5.69 Å². The largest absolute Gasteiger partial charge is 0.476 e. The quantitative estimate of drug-likeness (QED) is 0.864. The first-order valence-electron chi connectivity index (χ1n) is 7.52. The van der Waals surface area contributed by atoms with E-state index in [1.165, 1.54) is 0 Å². The lowest BCUT2D eigenvalue weighted by atomic mass is 9.98. The van der Waals surface area contributed by atoms with Crippen LogP contribution in [0.5, 0.6) is 0 Å². The molecule has 116 valence electrons. The molecule has 2 rings (SSSR count). The number of hydrogen-bond acceptors (Lipinski definition) is 5. The number of aromatic nitrogens is 2. The second kappa shape index (κ2) is 6.85. The maximum Gasteiger partial charge on any atom is 0.356 e. The summed E-state index contributed by atoms with van der Waals surface area (Å²) < 4.78 is 0. The molecule has 1 fully saturated rings. The van der Waals surface area contributed by atoms with Gasteiger partial charge in [0.05, 0.1) is 11.9 Å². The van der Waals surface area contributed by atoms with Crippen LogP contribution in [0.25, 0.3) is 0 Å². The molecule has 1 saturated heterocycles. The number of carbonyl (C=O) groups is 1. The molecule has 0 saturated carbocycles. The van der Waals surface area contributed by atoms with E-state index in [0.717, 1.165) is 25.8 Å². The first kappa shape index (κ1) is 15.7. The van der Waals surface area contributed by atoms with Gasteiger partial charge in [-0.2, -0.15) is 0 Å². The number of carboxylic acid groups (broad SMARTS) is 1. The van der Waals surface area contributed by atoms with Crippen LogP contribution in [0.3, 0.4) is 0 Å². The number of anilines is 1. The molecule has 1 atom stereocenters. The molecule has 1 aromatic rings. The van der Waals surface area contributed by atoms with Gasteiger partial charge in [0.25, 0.3) is 0 Å². The van der Waals surface area contributed by atoms with Crippen molar-refractivity contribution in [1.29, 1.82) is 0 Å². The molecule has 0 aromatic carbocycles. The second-order valence-corrected chi connectivity index (χ2v) is 5.78. The summed E-state index contributed by atoms with van der Waals surface area (Å²) in [6, 6.07) is 0.162. The highest BCUT2D eigenvalue weighted by Gasteiger charge is 2.27. The summed E-state index contributed by atoms with van der Waals surface area (Å²) in [7, 11) is 0. The van der Waals surface area contributed by atoms with Crippen molar-refractivity contribution in [3.8, 4) is 0 Å². The van der Waals surface area contributed by atoms with Gasteiger partial charge in [-0.15, -0.1) is 0 Å². The molecular weight excluding hydrogens is 270 g/mol. The minimum atomic E-state index is -1.03. The topological polar surface area (TPSA) is 86.5 Å². The monoisotopic (exact) mass is 293 g/mol. The first-order chi connectivity index (χ1) is 10.0. The Hall–Kier alpha value is -1.69. The number of aliphatic hydroxyl groups is 1. The SMILES string of the molecule is CC(C)c1ncc(N2CCCCC2CCO)c(C(=O)O)n1. The summed E-state index contributed by atoms with van der Waals surface area (Å²) in [6.45, 7) is 4.77. The van der Waals surface area contributed by atoms with Crippen LogP contribution in [-0.4, -0.2) is 45.3 Å². The summed E-state index contributed by atoms with van der Waals surface area (Å²) in [5, 5.41) is 18.7. The van der Waals surface area contributed by atoms with Crippen molar-refractivity contribution in [2.75, 3.05) is 18.1 Å². The van der Waals surface area contributed by atoms with Gasteiger partial charge in [-0.05, 0) is 25.7 Å². The van der Waals surface area contributed by atoms with E-state index in [2.05, 4.69) is 9.97 Å². The van der Waals surface area contributed by atoms with Gasteiger partial charge in [0.1, 0.15) is 5.82 Å². The molecule has 1 aliphatic rings. The number of aliphatic hydroxyl groups excluding tert-OH is 1. The van der Waals surface area contributed by atoms with Gasteiger partial charge in [0.15, 0.2) is 5.69 Å². The van der Waals surface area contributed by atoms with Crippen LogP contribution in [0.1, 0.15) is 61.8 Å². The third-order valence-corrected chi connectivity index (χ3v) is 3.91. The Kier molecular flexibility index (Phi) is 5.12. The molecule has 0 amide bonds. The third-order valence-electron chi connectivity index (χ3n) is 3.91. The Morgan fingerprint density at radius 1 is 1.48 bits per heavy atom. The maximum atomic E-state index is 11.5. The Labute approximate surface area is 124 Å². The van der Waals surface area contributed by atoms with E-state index in [1.54, 1.807) is 6.20 Å². The molecule has 6 heteroatoms. The van der Waals surface area contributed by atoms with Gasteiger partial charge in [-0.25, -0.2) is 14.8 Å². The van der Waals surface area contributed by atoms with Crippen molar-refractivity contribution in [1.82, 2.24) is 9.97 Å². The zero-order chi connectivity index (χ0) is 15.4. The lowest BCUT2D eigenvalue weighted by Gasteiger charge is -2.37. The number of hydrogen-bond donors (Lipinski definition) is 2. The molecule has 2 heterocycles. The van der Waals surface area contributed by atoms with E-state index in [0.29, 0.717) is 17.9 Å². The van der Waals surface area contributed by atoms with Gasteiger partial charge < -0.3 is 15.1 Å². The molecule has 0 spiro atoms. The molecule has 1 unspecified atom stereocenters. The standard InChI is InChI=1S/C15H23N3O3/c1-10(2)14-16-9-12(13(17-14)15(20)21)18-7-4-3-5-11(18)6-8-19/h9-11,19H,3-8H2,1-2H3,(H,20,21). The normalized spacial score (nSPS) is 19.0. The van der Waals surface area contributed by atoms with Gasteiger partial charge in [-0.1, -0.05) is 13.8 Å². The first-order valence-corrected chi connectivity index (χ1v) is 7.52. The Morgan fingerprint density at radius 2 is 2.24 bits per heavy atom. The third kappa shape index (κ3) is 3.50. The van der Waals surface area contributed by atoms with Crippen molar-refractivity contribution < 1.29 is 15.0 Å². The Balaban J connectivity index is 2.38. The highest BCUT2D eigenvalue weighted by molar-refractivity contribution is 5.92. The molecule has 0 aliphatic carbocycles. The minimum absolute atomic E-state index is 0.0681. The number of carboxylic acids is 1. The van der Waals surface area contributed by atoms with E-state index < -0.39 is 5.97 Å². The minimum Gasteiger partial charge on any atom is -0.476 e. The zero-order valence-electron chi connectivity index (χ0n) is 12.6. The van der Waals surface area contributed by atoms with Gasteiger partial charge in [-0.3, -0.25) is 0 Å². The number of rotatable bonds is 5. The predicted molar refractivity (Wildman–Crippen MR) is 79.8 cm³/mol. The van der Waals surface area contributed by atoms with E-state index in [9.17, 15) is 15.0 Å². The molecule has 0 radical (unpaired) electrons. The fourth-order valence-corrected chi connectivity index (χ4v) is 2.80. The van der Waals surface area contributed by atoms with E-state index in [-0.39, 0.29) is 24.3 Å². The number of nitrogens with zero attached hydrogens (tertiary/aromatic N) is 3. The summed E-state index contributed by atoms with van der Waals surface area (Å²) in [6.07, 6.45) is 5.36. The fraction of sp³-hybridized carbons (Fsp3) is 0.667. The highest BCUT2D eigenvalue weighted by atomic mass is 16.4. The molecule has 6 nitrogen and oxygen atoms in total. The zero-order valence-corrected chi connectivity index (χ0v) is 12.6. The number of piperidine rings is 1. The lowest BCUT2D eigenvalue weighted by Crippen LogP contribution is -2.41.